The van der Waals surface area contributed by atoms with Crippen molar-refractivity contribution in [2.24, 2.45) is 5.73 Å². The van der Waals surface area contributed by atoms with Gasteiger partial charge in [-0.3, -0.25) is 4.79 Å². The Labute approximate surface area is 126 Å². The van der Waals surface area contributed by atoms with Gasteiger partial charge in [0, 0.05) is 6.04 Å². The number of unbranched alkanes of at least 4 members (excludes halogenated alkanes) is 9. The molecule has 0 bridgehead atoms. The highest BCUT2D eigenvalue weighted by molar-refractivity contribution is 5.81. The number of rotatable bonds is 13. The second kappa shape index (κ2) is 13.4. The molecule has 0 aliphatic heterocycles. The van der Waals surface area contributed by atoms with Crippen LogP contribution in [0.5, 0.6) is 0 Å². The van der Waals surface area contributed by atoms with Crippen LogP contribution in [0.2, 0.25) is 0 Å². The number of carbonyl (C=O) groups excluding carboxylic acids is 1. The van der Waals surface area contributed by atoms with Crippen LogP contribution in [0, 0.1) is 0 Å². The normalized spacial score (nSPS) is 12.7. The largest absolute Gasteiger partial charge is 0.353 e. The minimum atomic E-state index is -0.327. The second-order valence-electron chi connectivity index (χ2n) is 6.24. The number of carbonyl (C=O) groups is 1. The summed E-state index contributed by atoms with van der Waals surface area (Å²) < 4.78 is 0. The van der Waals surface area contributed by atoms with E-state index in [0.29, 0.717) is 0 Å². The molecule has 0 aromatic heterocycles. The number of hydrogen-bond acceptors (Lipinski definition) is 2. The lowest BCUT2D eigenvalue weighted by molar-refractivity contribution is -0.123. The number of nitrogens with one attached hydrogen (secondary N) is 1. The number of amides is 1. The van der Waals surface area contributed by atoms with Crippen LogP contribution in [-0.2, 0) is 4.79 Å². The fourth-order valence-electron chi connectivity index (χ4n) is 2.37. The zero-order valence-corrected chi connectivity index (χ0v) is 13.9. The predicted molar refractivity (Wildman–Crippen MR) is 87.7 cm³/mol. The van der Waals surface area contributed by atoms with Crippen molar-refractivity contribution in [1.29, 1.82) is 0 Å². The molecule has 0 saturated heterocycles. The van der Waals surface area contributed by atoms with Crippen LogP contribution in [-0.4, -0.2) is 18.0 Å². The highest BCUT2D eigenvalue weighted by Crippen LogP contribution is 2.11. The summed E-state index contributed by atoms with van der Waals surface area (Å²) in [5.74, 6) is -0.00377. The van der Waals surface area contributed by atoms with Crippen LogP contribution >= 0.6 is 0 Å². The smallest absolute Gasteiger partial charge is 0.237 e. The van der Waals surface area contributed by atoms with Gasteiger partial charge in [0.2, 0.25) is 5.91 Å². The van der Waals surface area contributed by atoms with E-state index < -0.39 is 0 Å². The van der Waals surface area contributed by atoms with E-state index in [1.807, 2.05) is 13.8 Å². The Morgan fingerprint density at radius 3 is 1.80 bits per heavy atom. The van der Waals surface area contributed by atoms with Crippen LogP contribution in [0.3, 0.4) is 0 Å². The second-order valence-corrected chi connectivity index (χ2v) is 6.24. The SMILES string of the molecule is CCCCCCCCCCCCC(N)C(=O)NC(C)C. The molecule has 0 spiro atoms. The van der Waals surface area contributed by atoms with Gasteiger partial charge in [-0.15, -0.1) is 0 Å². The first kappa shape index (κ1) is 19.4. The Morgan fingerprint density at radius 2 is 1.35 bits per heavy atom. The van der Waals surface area contributed by atoms with Crippen LogP contribution in [0.15, 0.2) is 0 Å². The van der Waals surface area contributed by atoms with E-state index >= 15 is 0 Å². The third-order valence-corrected chi connectivity index (χ3v) is 3.64. The van der Waals surface area contributed by atoms with Gasteiger partial charge in [-0.05, 0) is 20.3 Å². The van der Waals surface area contributed by atoms with Crippen molar-refractivity contribution in [3.63, 3.8) is 0 Å². The van der Waals surface area contributed by atoms with E-state index in [-0.39, 0.29) is 18.0 Å². The molecule has 120 valence electrons. The van der Waals surface area contributed by atoms with Crippen molar-refractivity contribution < 1.29 is 4.79 Å². The van der Waals surface area contributed by atoms with E-state index in [1.165, 1.54) is 57.8 Å². The first-order valence-corrected chi connectivity index (χ1v) is 8.63. The molecule has 3 N–H and O–H groups in total. The zero-order valence-electron chi connectivity index (χ0n) is 13.9. The average molecular weight is 284 g/mol. The molecule has 1 amide bonds. The summed E-state index contributed by atoms with van der Waals surface area (Å²) in [5.41, 5.74) is 5.86. The third kappa shape index (κ3) is 12.5. The van der Waals surface area contributed by atoms with E-state index in [9.17, 15) is 4.79 Å². The molecule has 0 heterocycles. The molecule has 0 aliphatic rings. The Hall–Kier alpha value is -0.570. The van der Waals surface area contributed by atoms with Gasteiger partial charge >= 0.3 is 0 Å². The van der Waals surface area contributed by atoms with Crippen molar-refractivity contribution in [2.45, 2.75) is 103 Å². The van der Waals surface area contributed by atoms with Crippen molar-refractivity contribution >= 4 is 5.91 Å². The van der Waals surface area contributed by atoms with E-state index in [0.717, 1.165) is 12.8 Å². The monoisotopic (exact) mass is 284 g/mol. The van der Waals surface area contributed by atoms with E-state index in [2.05, 4.69) is 12.2 Å². The summed E-state index contributed by atoms with van der Waals surface area (Å²) in [4.78, 5) is 11.6. The maximum atomic E-state index is 11.6. The Kier molecular flexibility index (Phi) is 13.0. The van der Waals surface area contributed by atoms with Gasteiger partial charge in [-0.1, -0.05) is 71.1 Å². The first-order chi connectivity index (χ1) is 9.57. The fraction of sp³-hybridized carbons (Fsp3) is 0.941. The Bertz CT molecular complexity index is 229. The minimum Gasteiger partial charge on any atom is -0.353 e. The maximum Gasteiger partial charge on any atom is 0.237 e. The van der Waals surface area contributed by atoms with Gasteiger partial charge in [-0.2, -0.15) is 0 Å². The molecule has 0 radical (unpaired) electrons. The zero-order chi connectivity index (χ0) is 15.2. The third-order valence-electron chi connectivity index (χ3n) is 3.64. The van der Waals surface area contributed by atoms with Crippen LogP contribution in [0.25, 0.3) is 0 Å². The summed E-state index contributed by atoms with van der Waals surface area (Å²) in [7, 11) is 0. The quantitative estimate of drug-likeness (QED) is 0.499. The lowest BCUT2D eigenvalue weighted by atomic mass is 10.0. The molecule has 3 nitrogen and oxygen atoms in total. The average Bonchev–Trinajstić information content (AvgIpc) is 2.39. The van der Waals surface area contributed by atoms with Gasteiger partial charge < -0.3 is 11.1 Å². The summed E-state index contributed by atoms with van der Waals surface area (Å²) in [5, 5.41) is 2.86. The molecule has 0 fully saturated rings. The molecule has 3 heteroatoms. The van der Waals surface area contributed by atoms with Gasteiger partial charge in [0.1, 0.15) is 0 Å². The molecular weight excluding hydrogens is 248 g/mol. The topological polar surface area (TPSA) is 55.1 Å². The highest BCUT2D eigenvalue weighted by Gasteiger charge is 2.13. The van der Waals surface area contributed by atoms with E-state index in [1.54, 1.807) is 0 Å². The predicted octanol–water partition coefficient (Wildman–Crippen LogP) is 4.15. The fourth-order valence-corrected chi connectivity index (χ4v) is 2.37. The van der Waals surface area contributed by atoms with Gasteiger partial charge in [0.05, 0.1) is 6.04 Å². The van der Waals surface area contributed by atoms with Crippen LogP contribution < -0.4 is 11.1 Å². The lowest BCUT2D eigenvalue weighted by Crippen LogP contribution is -2.43. The highest BCUT2D eigenvalue weighted by atomic mass is 16.2. The van der Waals surface area contributed by atoms with Gasteiger partial charge in [0.25, 0.3) is 0 Å². The summed E-state index contributed by atoms with van der Waals surface area (Å²) in [6.07, 6.45) is 14.0. The van der Waals surface area contributed by atoms with Crippen LogP contribution in [0.4, 0.5) is 0 Å². The maximum absolute atomic E-state index is 11.6. The molecule has 20 heavy (non-hydrogen) atoms. The van der Waals surface area contributed by atoms with Crippen LogP contribution in [0.1, 0.15) is 91.4 Å². The van der Waals surface area contributed by atoms with Crippen molar-refractivity contribution in [3.8, 4) is 0 Å². The molecule has 0 saturated carbocycles. The standard InChI is InChI=1S/C17H36N2O/c1-4-5-6-7-8-9-10-11-12-13-14-16(18)17(20)19-15(2)3/h15-16H,4-14,18H2,1-3H3,(H,19,20). The minimum absolute atomic E-state index is 0.00377. The molecular formula is C17H36N2O. The first-order valence-electron chi connectivity index (χ1n) is 8.63. The van der Waals surface area contributed by atoms with Crippen molar-refractivity contribution in [2.75, 3.05) is 0 Å². The molecule has 0 aromatic rings. The summed E-state index contributed by atoms with van der Waals surface area (Å²) in [6, 6.07) is -0.146. The molecule has 1 unspecified atom stereocenters. The molecule has 0 aromatic carbocycles. The van der Waals surface area contributed by atoms with Gasteiger partial charge in [0.15, 0.2) is 0 Å². The Balaban J connectivity index is 3.29. The number of nitrogens with two attached hydrogens (primary N) is 1. The van der Waals surface area contributed by atoms with Crippen molar-refractivity contribution in [3.05, 3.63) is 0 Å². The molecule has 0 aliphatic carbocycles. The molecule has 1 atom stereocenters. The number of hydrogen-bond donors (Lipinski definition) is 2. The van der Waals surface area contributed by atoms with Gasteiger partial charge in [-0.25, -0.2) is 0 Å². The van der Waals surface area contributed by atoms with Crippen molar-refractivity contribution in [1.82, 2.24) is 5.32 Å². The summed E-state index contributed by atoms with van der Waals surface area (Å²) >= 11 is 0. The Morgan fingerprint density at radius 1 is 0.900 bits per heavy atom. The van der Waals surface area contributed by atoms with E-state index in [4.69, 9.17) is 5.73 Å². The lowest BCUT2D eigenvalue weighted by Gasteiger charge is -2.14. The molecule has 0 rings (SSSR count). The summed E-state index contributed by atoms with van der Waals surface area (Å²) in [6.45, 7) is 6.18.